The van der Waals surface area contributed by atoms with Gasteiger partial charge < -0.3 is 19.2 Å². The van der Waals surface area contributed by atoms with E-state index >= 15 is 0 Å². The van der Waals surface area contributed by atoms with Crippen molar-refractivity contribution in [1.29, 1.82) is 0 Å². The Morgan fingerprint density at radius 2 is 1.80 bits per heavy atom. The fourth-order valence-electron chi connectivity index (χ4n) is 3.13. The summed E-state index contributed by atoms with van der Waals surface area (Å²) >= 11 is 0. The zero-order valence-corrected chi connectivity index (χ0v) is 18.4. The number of Topliss-reactive ketones (excluding diaryl/α,β-unsaturated/α-hetero) is 1. The minimum absolute atomic E-state index is 0.0157. The number of esters is 2. The second kappa shape index (κ2) is 10.1. The van der Waals surface area contributed by atoms with Gasteiger partial charge in [-0.05, 0) is 64.3 Å². The van der Waals surface area contributed by atoms with Crippen LogP contribution in [0.4, 0.5) is 0 Å². The predicted octanol–water partition coefficient (Wildman–Crippen LogP) is 4.01. The van der Waals surface area contributed by atoms with Gasteiger partial charge in [0.05, 0.1) is 30.9 Å². The third kappa shape index (κ3) is 5.49. The van der Waals surface area contributed by atoms with E-state index < -0.39 is 23.8 Å². The molecule has 1 aromatic heterocycles. The molecule has 1 N–H and O–H groups in total. The molecule has 0 saturated heterocycles. The number of aromatic nitrogens is 1. The lowest BCUT2D eigenvalue weighted by Crippen LogP contribution is -2.26. The highest BCUT2D eigenvalue weighted by Crippen LogP contribution is 2.22. The van der Waals surface area contributed by atoms with Gasteiger partial charge in [-0.2, -0.15) is 0 Å². The molecule has 7 nitrogen and oxygen atoms in total. The van der Waals surface area contributed by atoms with Gasteiger partial charge in [-0.25, -0.2) is 4.79 Å². The molecule has 162 valence electrons. The summed E-state index contributed by atoms with van der Waals surface area (Å²) in [5.74, 6) is -0.713. The topological polar surface area (TPSA) is 94.7 Å². The molecule has 1 heterocycles. The van der Waals surface area contributed by atoms with E-state index in [0.717, 1.165) is 16.9 Å². The zero-order chi connectivity index (χ0) is 22.4. The maximum absolute atomic E-state index is 12.7. The number of hydrogen-bond acceptors (Lipinski definition) is 6. The van der Waals surface area contributed by atoms with Gasteiger partial charge in [0.1, 0.15) is 5.75 Å². The van der Waals surface area contributed by atoms with Crippen molar-refractivity contribution in [2.24, 2.45) is 0 Å². The van der Waals surface area contributed by atoms with E-state index in [9.17, 15) is 14.4 Å². The Hall–Kier alpha value is -3.09. The second-order valence-electron chi connectivity index (χ2n) is 7.21. The molecule has 0 unspecified atom stereocenters. The summed E-state index contributed by atoms with van der Waals surface area (Å²) in [5, 5.41) is 0. The minimum atomic E-state index is -0.995. The Morgan fingerprint density at radius 1 is 1.10 bits per heavy atom. The first-order chi connectivity index (χ1) is 14.1. The molecule has 0 saturated carbocycles. The summed E-state index contributed by atoms with van der Waals surface area (Å²) in [5.41, 5.74) is 3.64. The van der Waals surface area contributed by atoms with Gasteiger partial charge in [-0.3, -0.25) is 9.59 Å². The van der Waals surface area contributed by atoms with Gasteiger partial charge in [0.25, 0.3) is 0 Å². The van der Waals surface area contributed by atoms with Crippen LogP contribution in [0.2, 0.25) is 0 Å². The number of carbonyl (C=O) groups is 3. The van der Waals surface area contributed by atoms with E-state index in [-0.39, 0.29) is 25.3 Å². The van der Waals surface area contributed by atoms with E-state index in [0.29, 0.717) is 16.8 Å². The smallest absolute Gasteiger partial charge is 0.340 e. The summed E-state index contributed by atoms with van der Waals surface area (Å²) in [6, 6.07) is 5.85. The lowest BCUT2D eigenvalue weighted by atomic mass is 10.1. The van der Waals surface area contributed by atoms with Crippen molar-refractivity contribution in [2.45, 2.75) is 54.1 Å². The van der Waals surface area contributed by atoms with Crippen molar-refractivity contribution in [3.8, 4) is 5.75 Å². The highest BCUT2D eigenvalue weighted by Gasteiger charge is 2.27. The maximum Gasteiger partial charge on any atom is 0.340 e. The molecular formula is C23H29NO6. The molecule has 0 fully saturated rings. The van der Waals surface area contributed by atoms with Crippen molar-refractivity contribution in [3.05, 3.63) is 51.8 Å². The van der Waals surface area contributed by atoms with E-state index in [1.165, 1.54) is 6.92 Å². The number of hydrogen-bond donors (Lipinski definition) is 1. The van der Waals surface area contributed by atoms with Crippen LogP contribution in [0.5, 0.6) is 5.75 Å². The molecule has 0 bridgehead atoms. The first-order valence-corrected chi connectivity index (χ1v) is 9.95. The van der Waals surface area contributed by atoms with Crippen LogP contribution in [0, 0.1) is 27.7 Å². The van der Waals surface area contributed by atoms with Crippen molar-refractivity contribution in [1.82, 2.24) is 4.98 Å². The third-order valence-corrected chi connectivity index (χ3v) is 4.75. The lowest BCUT2D eigenvalue weighted by Gasteiger charge is -2.13. The second-order valence-corrected chi connectivity index (χ2v) is 7.21. The molecule has 7 heteroatoms. The molecule has 0 radical (unpaired) electrons. The number of ketones is 1. The standard InChI is InChI=1S/C23H29NO6/c1-7-28-23(27)20-15(4)21(24-16(20)5)22(26)17(6)30-19(25)10-11-29-18-12-13(2)8-9-14(18)3/h8-9,12,17,24H,7,10-11H2,1-6H3/t17-/m0/s1. The Labute approximate surface area is 176 Å². The van der Waals surface area contributed by atoms with Gasteiger partial charge >= 0.3 is 11.9 Å². The largest absolute Gasteiger partial charge is 0.493 e. The summed E-state index contributed by atoms with van der Waals surface area (Å²) < 4.78 is 16.0. The highest BCUT2D eigenvalue weighted by molar-refractivity contribution is 6.03. The van der Waals surface area contributed by atoms with Crippen LogP contribution in [-0.4, -0.2) is 42.0 Å². The van der Waals surface area contributed by atoms with Gasteiger partial charge in [-0.1, -0.05) is 12.1 Å². The Kier molecular flexibility index (Phi) is 7.80. The number of aromatic amines is 1. The Bertz CT molecular complexity index is 943. The van der Waals surface area contributed by atoms with Crippen LogP contribution in [-0.2, 0) is 14.3 Å². The monoisotopic (exact) mass is 415 g/mol. The predicted molar refractivity (Wildman–Crippen MR) is 112 cm³/mol. The first-order valence-electron chi connectivity index (χ1n) is 9.95. The fraction of sp³-hybridized carbons (Fsp3) is 0.435. The minimum Gasteiger partial charge on any atom is -0.493 e. The normalized spacial score (nSPS) is 11.7. The molecule has 0 aliphatic heterocycles. The number of carbonyl (C=O) groups excluding carboxylic acids is 3. The zero-order valence-electron chi connectivity index (χ0n) is 18.4. The van der Waals surface area contributed by atoms with Crippen LogP contribution in [0.15, 0.2) is 18.2 Å². The number of nitrogens with one attached hydrogen (secondary N) is 1. The molecule has 0 amide bonds. The summed E-state index contributed by atoms with van der Waals surface area (Å²) in [6.45, 7) is 10.9. The van der Waals surface area contributed by atoms with Gasteiger partial charge in [0.2, 0.25) is 5.78 Å². The number of ether oxygens (including phenoxy) is 3. The van der Waals surface area contributed by atoms with Crippen molar-refractivity contribution in [3.63, 3.8) is 0 Å². The molecule has 0 spiro atoms. The molecule has 1 atom stereocenters. The lowest BCUT2D eigenvalue weighted by molar-refractivity contribution is -0.146. The molecule has 2 rings (SSSR count). The average Bonchev–Trinajstić information content (AvgIpc) is 2.98. The molecule has 1 aromatic carbocycles. The highest BCUT2D eigenvalue weighted by atomic mass is 16.5. The Morgan fingerprint density at radius 3 is 2.47 bits per heavy atom. The summed E-state index contributed by atoms with van der Waals surface area (Å²) in [4.78, 5) is 39.9. The third-order valence-electron chi connectivity index (χ3n) is 4.75. The summed E-state index contributed by atoms with van der Waals surface area (Å²) in [6.07, 6.45) is -0.980. The van der Waals surface area contributed by atoms with Crippen LogP contribution in [0.25, 0.3) is 0 Å². The van der Waals surface area contributed by atoms with Crippen molar-refractivity contribution in [2.75, 3.05) is 13.2 Å². The molecule has 0 aliphatic carbocycles. The molecular weight excluding hydrogens is 386 g/mol. The summed E-state index contributed by atoms with van der Waals surface area (Å²) in [7, 11) is 0. The van der Waals surface area contributed by atoms with Crippen molar-refractivity contribution >= 4 is 17.7 Å². The van der Waals surface area contributed by atoms with Gasteiger partial charge in [0.15, 0.2) is 6.10 Å². The molecule has 0 aliphatic rings. The van der Waals surface area contributed by atoms with Crippen molar-refractivity contribution < 1.29 is 28.6 Å². The van der Waals surface area contributed by atoms with E-state index in [1.807, 2.05) is 32.0 Å². The van der Waals surface area contributed by atoms with Crippen LogP contribution < -0.4 is 4.74 Å². The van der Waals surface area contributed by atoms with Gasteiger partial charge in [-0.15, -0.1) is 0 Å². The van der Waals surface area contributed by atoms with E-state index in [2.05, 4.69) is 4.98 Å². The number of H-pyrrole nitrogens is 1. The van der Waals surface area contributed by atoms with Crippen LogP contribution in [0.1, 0.15) is 63.5 Å². The van der Waals surface area contributed by atoms with Crippen LogP contribution in [0.3, 0.4) is 0 Å². The Balaban J connectivity index is 1.95. The van der Waals surface area contributed by atoms with Gasteiger partial charge in [0, 0.05) is 5.69 Å². The maximum atomic E-state index is 12.7. The first kappa shape index (κ1) is 23.2. The fourth-order valence-corrected chi connectivity index (χ4v) is 3.13. The SMILES string of the molecule is CCOC(=O)c1c(C)[nH]c(C(=O)[C@H](C)OC(=O)CCOc2cc(C)ccc2C)c1C. The average molecular weight is 415 g/mol. The number of aryl methyl sites for hydroxylation is 3. The number of benzene rings is 1. The van der Waals surface area contributed by atoms with Crippen LogP contribution >= 0.6 is 0 Å². The number of rotatable bonds is 9. The van der Waals surface area contributed by atoms with E-state index in [4.69, 9.17) is 14.2 Å². The van der Waals surface area contributed by atoms with E-state index in [1.54, 1.807) is 20.8 Å². The molecule has 30 heavy (non-hydrogen) atoms. The molecule has 2 aromatic rings. The quantitative estimate of drug-likeness (QED) is 0.491.